The molecule has 3 rings (SSSR count). The van der Waals surface area contributed by atoms with Gasteiger partial charge in [0.15, 0.2) is 0 Å². The van der Waals surface area contributed by atoms with Gasteiger partial charge in [-0.2, -0.15) is 0 Å². The molecule has 0 atom stereocenters. The van der Waals surface area contributed by atoms with Crippen LogP contribution in [0.1, 0.15) is 41.0 Å². The van der Waals surface area contributed by atoms with Crippen LogP contribution >= 0.6 is 0 Å². The molecule has 0 aliphatic heterocycles. The van der Waals surface area contributed by atoms with Crippen LogP contribution in [-0.4, -0.2) is 45.9 Å². The molecule has 0 spiro atoms. The quantitative estimate of drug-likeness (QED) is 0.299. The van der Waals surface area contributed by atoms with E-state index in [2.05, 4.69) is 18.5 Å². The van der Waals surface area contributed by atoms with Gasteiger partial charge in [0.1, 0.15) is 12.4 Å². The van der Waals surface area contributed by atoms with E-state index >= 15 is 0 Å². The third-order valence-electron chi connectivity index (χ3n) is 5.83. The Morgan fingerprint density at radius 3 is 2.44 bits per heavy atom. The summed E-state index contributed by atoms with van der Waals surface area (Å²) in [5.41, 5.74) is 3.57. The summed E-state index contributed by atoms with van der Waals surface area (Å²) in [7, 11) is 0. The second kappa shape index (κ2) is 12.5. The average Bonchev–Trinajstić information content (AvgIpc) is 3.18. The van der Waals surface area contributed by atoms with E-state index in [-0.39, 0.29) is 18.4 Å². The molecule has 0 radical (unpaired) electrons. The van der Waals surface area contributed by atoms with Crippen molar-refractivity contribution in [2.45, 2.75) is 39.2 Å². The summed E-state index contributed by atoms with van der Waals surface area (Å²) in [6.45, 7) is 11.3. The van der Waals surface area contributed by atoms with Gasteiger partial charge in [-0.25, -0.2) is 4.98 Å². The molecule has 0 aliphatic rings. The maximum atomic E-state index is 12.9. The number of unbranched alkanes of at least 4 members (excludes halogenated alkanes) is 2. The summed E-state index contributed by atoms with van der Waals surface area (Å²) in [5.74, 6) is 0.904. The highest BCUT2D eigenvalue weighted by molar-refractivity contribution is 5.95. The molecule has 2 amide bonds. The van der Waals surface area contributed by atoms with Crippen molar-refractivity contribution < 1.29 is 9.59 Å². The predicted molar refractivity (Wildman–Crippen MR) is 138 cm³/mol. The number of aryl methyl sites for hydroxylation is 2. The fourth-order valence-electron chi connectivity index (χ4n) is 4.03. The molecule has 3 aromatic rings. The lowest BCUT2D eigenvalue weighted by molar-refractivity contribution is -0.130. The SMILES string of the molecule is C=CCN(CC=C)C(=O)Cn1c(CCCCCNC(=O)c2ccccc2C)nc2ccccc21. The molecule has 178 valence electrons. The number of rotatable bonds is 13. The molecule has 0 saturated heterocycles. The molecule has 0 unspecified atom stereocenters. The van der Waals surface area contributed by atoms with Gasteiger partial charge < -0.3 is 14.8 Å². The molecule has 0 fully saturated rings. The largest absolute Gasteiger partial charge is 0.352 e. The lowest BCUT2D eigenvalue weighted by Gasteiger charge is -2.20. The number of carbonyl (C=O) groups is 2. The van der Waals surface area contributed by atoms with Crippen molar-refractivity contribution in [1.29, 1.82) is 0 Å². The lowest BCUT2D eigenvalue weighted by atomic mass is 10.1. The third-order valence-corrected chi connectivity index (χ3v) is 5.83. The number of amides is 2. The van der Waals surface area contributed by atoms with Crippen LogP contribution in [0.4, 0.5) is 0 Å². The van der Waals surface area contributed by atoms with Crippen LogP contribution in [0.2, 0.25) is 0 Å². The Hall–Kier alpha value is -3.67. The number of nitrogens with zero attached hydrogens (tertiary/aromatic N) is 3. The number of nitrogens with one attached hydrogen (secondary N) is 1. The highest BCUT2D eigenvalue weighted by atomic mass is 16.2. The topological polar surface area (TPSA) is 67.2 Å². The van der Waals surface area contributed by atoms with Gasteiger partial charge >= 0.3 is 0 Å². The van der Waals surface area contributed by atoms with Crippen LogP contribution in [0.25, 0.3) is 11.0 Å². The molecule has 0 bridgehead atoms. The summed E-state index contributed by atoms with van der Waals surface area (Å²) in [5, 5.41) is 3.01. The molecule has 34 heavy (non-hydrogen) atoms. The number of hydrogen-bond acceptors (Lipinski definition) is 3. The standard InChI is InChI=1S/C28H34N4O2/c1-4-19-31(20-5-2)27(33)21-32-25-16-11-10-15-24(25)30-26(32)17-7-6-12-18-29-28(34)23-14-9-8-13-22(23)3/h4-5,8-11,13-16H,1-2,6-7,12,17-21H2,3H3,(H,29,34). The van der Waals surface area contributed by atoms with E-state index in [0.29, 0.717) is 19.6 Å². The first-order valence-corrected chi connectivity index (χ1v) is 11.8. The zero-order chi connectivity index (χ0) is 24.3. The van der Waals surface area contributed by atoms with Gasteiger partial charge in [0.2, 0.25) is 5.91 Å². The van der Waals surface area contributed by atoms with E-state index in [1.807, 2.05) is 60.0 Å². The molecule has 1 aromatic heterocycles. The van der Waals surface area contributed by atoms with E-state index in [1.165, 1.54) is 0 Å². The van der Waals surface area contributed by atoms with Gasteiger partial charge in [0.25, 0.3) is 5.91 Å². The number of fused-ring (bicyclic) bond motifs is 1. The van der Waals surface area contributed by atoms with Gasteiger partial charge in [-0.05, 0) is 43.5 Å². The second-order valence-electron chi connectivity index (χ2n) is 8.36. The summed E-state index contributed by atoms with van der Waals surface area (Å²) in [6, 6.07) is 15.5. The monoisotopic (exact) mass is 458 g/mol. The van der Waals surface area contributed by atoms with Gasteiger partial charge in [-0.15, -0.1) is 13.2 Å². The van der Waals surface area contributed by atoms with Crippen molar-refractivity contribution >= 4 is 22.8 Å². The van der Waals surface area contributed by atoms with Crippen molar-refractivity contribution in [2.24, 2.45) is 0 Å². The van der Waals surface area contributed by atoms with E-state index in [0.717, 1.165) is 53.7 Å². The van der Waals surface area contributed by atoms with Crippen LogP contribution in [0, 0.1) is 6.92 Å². The van der Waals surface area contributed by atoms with E-state index in [9.17, 15) is 9.59 Å². The first-order valence-electron chi connectivity index (χ1n) is 11.8. The zero-order valence-electron chi connectivity index (χ0n) is 20.0. The average molecular weight is 459 g/mol. The molecule has 6 nitrogen and oxygen atoms in total. The zero-order valence-corrected chi connectivity index (χ0v) is 20.0. The number of aromatic nitrogens is 2. The molecule has 1 N–H and O–H groups in total. The summed E-state index contributed by atoms with van der Waals surface area (Å²) >= 11 is 0. The van der Waals surface area contributed by atoms with E-state index < -0.39 is 0 Å². The van der Waals surface area contributed by atoms with Crippen molar-refractivity contribution in [2.75, 3.05) is 19.6 Å². The summed E-state index contributed by atoms with van der Waals surface area (Å²) in [4.78, 5) is 31.8. The molecule has 2 aromatic carbocycles. The molecule has 6 heteroatoms. The maximum Gasteiger partial charge on any atom is 0.251 e. The van der Waals surface area contributed by atoms with Crippen LogP contribution in [0.5, 0.6) is 0 Å². The maximum absolute atomic E-state index is 12.9. The fraction of sp³-hybridized carbons (Fsp3) is 0.321. The van der Waals surface area contributed by atoms with Gasteiger partial charge in [-0.3, -0.25) is 9.59 Å². The Morgan fingerprint density at radius 1 is 1.00 bits per heavy atom. The minimum atomic E-state index is -0.0259. The highest BCUT2D eigenvalue weighted by Gasteiger charge is 2.17. The molecular formula is C28H34N4O2. The van der Waals surface area contributed by atoms with Crippen LogP contribution in [-0.2, 0) is 17.8 Å². The molecular weight excluding hydrogens is 424 g/mol. The summed E-state index contributed by atoms with van der Waals surface area (Å²) < 4.78 is 2.02. The van der Waals surface area contributed by atoms with E-state index in [1.54, 1.807) is 17.1 Å². The van der Waals surface area contributed by atoms with Crippen molar-refractivity contribution in [3.63, 3.8) is 0 Å². The minimum Gasteiger partial charge on any atom is -0.352 e. The van der Waals surface area contributed by atoms with Gasteiger partial charge in [0.05, 0.1) is 11.0 Å². The Morgan fingerprint density at radius 2 is 1.71 bits per heavy atom. The Kier molecular flexibility index (Phi) is 9.21. The smallest absolute Gasteiger partial charge is 0.251 e. The number of hydrogen-bond donors (Lipinski definition) is 1. The van der Waals surface area contributed by atoms with Gasteiger partial charge in [-0.1, -0.05) is 48.9 Å². The summed E-state index contributed by atoms with van der Waals surface area (Å²) in [6.07, 6.45) is 7.02. The molecule has 1 heterocycles. The van der Waals surface area contributed by atoms with Gasteiger partial charge in [0, 0.05) is 31.6 Å². The Labute approximate surface area is 202 Å². The van der Waals surface area contributed by atoms with Crippen LogP contribution in [0.15, 0.2) is 73.8 Å². The molecule has 0 saturated carbocycles. The number of para-hydroxylation sites is 2. The molecule has 0 aliphatic carbocycles. The third kappa shape index (κ3) is 6.44. The first kappa shape index (κ1) is 25.0. The second-order valence-corrected chi connectivity index (χ2v) is 8.36. The minimum absolute atomic E-state index is 0.0168. The highest BCUT2D eigenvalue weighted by Crippen LogP contribution is 2.18. The van der Waals surface area contributed by atoms with Crippen LogP contribution < -0.4 is 5.32 Å². The normalized spacial score (nSPS) is 10.7. The van der Waals surface area contributed by atoms with Crippen molar-refractivity contribution in [3.05, 3.63) is 90.8 Å². The van der Waals surface area contributed by atoms with Crippen molar-refractivity contribution in [1.82, 2.24) is 19.8 Å². The number of benzene rings is 2. The van der Waals surface area contributed by atoms with Crippen molar-refractivity contribution in [3.8, 4) is 0 Å². The first-order chi connectivity index (χ1) is 16.5. The van der Waals surface area contributed by atoms with Crippen LogP contribution in [0.3, 0.4) is 0 Å². The Bertz CT molecular complexity index is 1140. The number of imidazole rings is 1. The fourth-order valence-corrected chi connectivity index (χ4v) is 4.03. The van der Waals surface area contributed by atoms with E-state index in [4.69, 9.17) is 4.98 Å². The predicted octanol–water partition coefficient (Wildman–Crippen LogP) is 4.69. The Balaban J connectivity index is 1.56. The lowest BCUT2D eigenvalue weighted by Crippen LogP contribution is -2.34. The number of carbonyl (C=O) groups excluding carboxylic acids is 2.